The van der Waals surface area contributed by atoms with Gasteiger partial charge in [-0.1, -0.05) is 15.9 Å². The van der Waals surface area contributed by atoms with Crippen LogP contribution in [-0.2, 0) is 14.3 Å². The van der Waals surface area contributed by atoms with Crippen LogP contribution in [-0.4, -0.2) is 38.1 Å². The SMILES string of the molecule is CCOC(=O)[C@H]1CCC[NH+](CCC(=O)Nc2ccc(Br)cc2)C1. The van der Waals surface area contributed by atoms with E-state index in [0.29, 0.717) is 13.0 Å². The van der Waals surface area contributed by atoms with E-state index in [9.17, 15) is 9.59 Å². The van der Waals surface area contributed by atoms with Crippen LogP contribution in [0.1, 0.15) is 26.2 Å². The third-order valence-electron chi connectivity index (χ3n) is 4.07. The summed E-state index contributed by atoms with van der Waals surface area (Å²) >= 11 is 3.37. The standard InChI is InChI=1S/C17H23BrN2O3/c1-2-23-17(22)13-4-3-10-20(12-13)11-9-16(21)19-15-7-5-14(18)6-8-15/h5-8,13H,2-4,9-12H2,1H3,(H,19,21)/p+1/t13-/m0/s1. The van der Waals surface area contributed by atoms with E-state index in [1.54, 1.807) is 0 Å². The Bertz CT molecular complexity index is 533. The molecule has 2 atom stereocenters. The first-order valence-corrected chi connectivity index (χ1v) is 8.93. The average molecular weight is 384 g/mol. The quantitative estimate of drug-likeness (QED) is 0.734. The van der Waals surface area contributed by atoms with E-state index in [1.807, 2.05) is 31.2 Å². The molecule has 6 heteroatoms. The number of amides is 1. The van der Waals surface area contributed by atoms with Crippen molar-refractivity contribution in [3.63, 3.8) is 0 Å². The van der Waals surface area contributed by atoms with Gasteiger partial charge >= 0.3 is 5.97 Å². The summed E-state index contributed by atoms with van der Waals surface area (Å²) in [5, 5.41) is 2.90. The third-order valence-corrected chi connectivity index (χ3v) is 4.60. The summed E-state index contributed by atoms with van der Waals surface area (Å²) in [5.41, 5.74) is 0.802. The van der Waals surface area contributed by atoms with Crippen LogP contribution in [0.3, 0.4) is 0 Å². The molecule has 0 aromatic heterocycles. The number of halogens is 1. The Balaban J connectivity index is 1.75. The summed E-state index contributed by atoms with van der Waals surface area (Å²) in [7, 11) is 0. The molecule has 1 unspecified atom stereocenters. The summed E-state index contributed by atoms with van der Waals surface area (Å²) in [6.45, 7) is 4.79. The number of carbonyl (C=O) groups is 2. The van der Waals surface area contributed by atoms with Crippen LogP contribution >= 0.6 is 15.9 Å². The van der Waals surface area contributed by atoms with Gasteiger partial charge in [0.15, 0.2) is 0 Å². The second-order valence-corrected chi connectivity index (χ2v) is 6.77. The highest BCUT2D eigenvalue weighted by molar-refractivity contribution is 9.10. The molecule has 1 aliphatic heterocycles. The summed E-state index contributed by atoms with van der Waals surface area (Å²) in [5.74, 6) is -0.102. The molecule has 2 N–H and O–H groups in total. The highest BCUT2D eigenvalue weighted by atomic mass is 79.9. The lowest BCUT2D eigenvalue weighted by molar-refractivity contribution is -0.906. The first kappa shape index (κ1) is 17.9. The number of hydrogen-bond acceptors (Lipinski definition) is 3. The van der Waals surface area contributed by atoms with Gasteiger partial charge in [-0.2, -0.15) is 0 Å². The maximum atomic E-state index is 12.0. The molecule has 1 amide bonds. The number of rotatable bonds is 6. The molecule has 0 saturated carbocycles. The van der Waals surface area contributed by atoms with Gasteiger partial charge in [-0.15, -0.1) is 0 Å². The van der Waals surface area contributed by atoms with Crippen molar-refractivity contribution >= 4 is 33.5 Å². The average Bonchev–Trinajstić information content (AvgIpc) is 2.56. The molecule has 1 saturated heterocycles. The van der Waals surface area contributed by atoms with Crippen LogP contribution in [0, 0.1) is 5.92 Å². The van der Waals surface area contributed by atoms with E-state index in [2.05, 4.69) is 21.2 Å². The van der Waals surface area contributed by atoms with Crippen molar-refractivity contribution in [2.45, 2.75) is 26.2 Å². The molecule has 5 nitrogen and oxygen atoms in total. The summed E-state index contributed by atoms with van der Waals surface area (Å²) in [6.07, 6.45) is 2.36. The molecule has 1 aromatic rings. The fourth-order valence-corrected chi connectivity index (χ4v) is 3.15. The van der Waals surface area contributed by atoms with Crippen LogP contribution in [0.5, 0.6) is 0 Å². The molecule has 1 fully saturated rings. The number of esters is 1. The minimum atomic E-state index is -0.0935. The number of piperidine rings is 1. The van der Waals surface area contributed by atoms with E-state index in [4.69, 9.17) is 4.74 Å². The first-order chi connectivity index (χ1) is 11.1. The zero-order valence-corrected chi connectivity index (χ0v) is 15.0. The number of likely N-dealkylation sites (tertiary alicyclic amines) is 1. The largest absolute Gasteiger partial charge is 0.466 e. The smallest absolute Gasteiger partial charge is 0.314 e. The second-order valence-electron chi connectivity index (χ2n) is 5.85. The Kier molecular flexibility index (Phi) is 7.05. The van der Waals surface area contributed by atoms with Gasteiger partial charge in [0.2, 0.25) is 5.91 Å². The Labute approximate surface area is 145 Å². The van der Waals surface area contributed by atoms with Gasteiger partial charge in [0.05, 0.1) is 32.7 Å². The number of hydrogen-bond donors (Lipinski definition) is 2. The second kappa shape index (κ2) is 9.03. The molecular formula is C17H24BrN2O3+. The molecule has 126 valence electrons. The van der Waals surface area contributed by atoms with Crippen LogP contribution < -0.4 is 10.2 Å². The first-order valence-electron chi connectivity index (χ1n) is 8.14. The van der Waals surface area contributed by atoms with Gasteiger partial charge in [-0.25, -0.2) is 0 Å². The molecule has 0 radical (unpaired) electrons. The highest BCUT2D eigenvalue weighted by Gasteiger charge is 2.29. The predicted molar refractivity (Wildman–Crippen MR) is 92.3 cm³/mol. The normalized spacial score (nSPS) is 20.8. The number of nitrogens with one attached hydrogen (secondary N) is 2. The molecule has 1 aliphatic rings. The number of quaternary nitrogens is 1. The van der Waals surface area contributed by atoms with Gasteiger partial charge < -0.3 is 15.0 Å². The van der Waals surface area contributed by atoms with E-state index in [-0.39, 0.29) is 17.8 Å². The van der Waals surface area contributed by atoms with Gasteiger partial charge in [0.25, 0.3) is 0 Å². The fraction of sp³-hybridized carbons (Fsp3) is 0.529. The van der Waals surface area contributed by atoms with Gasteiger partial charge in [0, 0.05) is 10.2 Å². The molecule has 1 aromatic carbocycles. The van der Waals surface area contributed by atoms with Crippen LogP contribution in [0.4, 0.5) is 5.69 Å². The summed E-state index contributed by atoms with van der Waals surface area (Å²) < 4.78 is 6.09. The van der Waals surface area contributed by atoms with Gasteiger partial charge in [0.1, 0.15) is 5.92 Å². The summed E-state index contributed by atoms with van der Waals surface area (Å²) in [6, 6.07) is 7.53. The zero-order chi connectivity index (χ0) is 16.7. The van der Waals surface area contributed by atoms with Crippen molar-refractivity contribution < 1.29 is 19.2 Å². The number of benzene rings is 1. The lowest BCUT2D eigenvalue weighted by Crippen LogP contribution is -3.13. The van der Waals surface area contributed by atoms with Crippen molar-refractivity contribution in [1.29, 1.82) is 0 Å². The predicted octanol–water partition coefficient (Wildman–Crippen LogP) is 1.64. The number of carbonyl (C=O) groups excluding carboxylic acids is 2. The zero-order valence-electron chi connectivity index (χ0n) is 13.4. The molecule has 0 spiro atoms. The topological polar surface area (TPSA) is 59.8 Å². The Hall–Kier alpha value is -1.40. The van der Waals surface area contributed by atoms with Gasteiger partial charge in [-0.05, 0) is 44.0 Å². The van der Waals surface area contributed by atoms with Crippen LogP contribution in [0.15, 0.2) is 28.7 Å². The Morgan fingerprint density at radius 1 is 1.35 bits per heavy atom. The third kappa shape index (κ3) is 5.95. The molecule has 0 aliphatic carbocycles. The maximum Gasteiger partial charge on any atom is 0.314 e. The van der Waals surface area contributed by atoms with Crippen LogP contribution in [0.25, 0.3) is 0 Å². The van der Waals surface area contributed by atoms with Crippen molar-refractivity contribution in [2.24, 2.45) is 5.92 Å². The van der Waals surface area contributed by atoms with Crippen LogP contribution in [0.2, 0.25) is 0 Å². The fourth-order valence-electron chi connectivity index (χ4n) is 2.89. The number of ether oxygens (including phenoxy) is 1. The van der Waals surface area contributed by atoms with E-state index < -0.39 is 0 Å². The Morgan fingerprint density at radius 3 is 2.78 bits per heavy atom. The summed E-state index contributed by atoms with van der Waals surface area (Å²) in [4.78, 5) is 25.2. The van der Waals surface area contributed by atoms with Crippen molar-refractivity contribution in [2.75, 3.05) is 31.6 Å². The molecule has 1 heterocycles. The minimum Gasteiger partial charge on any atom is -0.466 e. The Morgan fingerprint density at radius 2 is 2.09 bits per heavy atom. The minimum absolute atomic E-state index is 0.0121. The number of anilines is 1. The van der Waals surface area contributed by atoms with E-state index in [1.165, 1.54) is 4.90 Å². The van der Waals surface area contributed by atoms with E-state index >= 15 is 0 Å². The lowest BCUT2D eigenvalue weighted by Gasteiger charge is -2.28. The van der Waals surface area contributed by atoms with E-state index in [0.717, 1.165) is 42.6 Å². The molecule has 0 bridgehead atoms. The lowest BCUT2D eigenvalue weighted by atomic mass is 9.98. The van der Waals surface area contributed by atoms with Crippen molar-refractivity contribution in [3.05, 3.63) is 28.7 Å². The van der Waals surface area contributed by atoms with Crippen molar-refractivity contribution in [3.8, 4) is 0 Å². The molecular weight excluding hydrogens is 360 g/mol. The maximum absolute atomic E-state index is 12.0. The molecule has 2 rings (SSSR count). The van der Waals surface area contributed by atoms with Crippen molar-refractivity contribution in [1.82, 2.24) is 0 Å². The molecule has 23 heavy (non-hydrogen) atoms. The highest BCUT2D eigenvalue weighted by Crippen LogP contribution is 2.14. The monoisotopic (exact) mass is 383 g/mol. The van der Waals surface area contributed by atoms with Gasteiger partial charge in [-0.3, -0.25) is 9.59 Å².